The molecular formula is C11H16N3O3P. The van der Waals surface area contributed by atoms with Gasteiger partial charge in [-0.3, -0.25) is 4.57 Å². The minimum Gasteiger partial charge on any atom is -0.309 e. The molecule has 0 radical (unpaired) electrons. The fourth-order valence-electron chi connectivity index (χ4n) is 1.47. The smallest absolute Gasteiger partial charge is 0.309 e. The zero-order valence-electron chi connectivity index (χ0n) is 10.4. The maximum absolute atomic E-state index is 12.3. The predicted octanol–water partition coefficient (Wildman–Crippen LogP) is 4.39. The molecule has 0 amide bonds. The highest BCUT2D eigenvalue weighted by Gasteiger charge is 2.23. The Balaban J connectivity index is 2.81. The van der Waals surface area contributed by atoms with Gasteiger partial charge in [0, 0.05) is 10.6 Å². The van der Waals surface area contributed by atoms with Crippen LogP contribution in [0.3, 0.4) is 0 Å². The number of nitrogens with zero attached hydrogens (tertiary/aromatic N) is 3. The van der Waals surface area contributed by atoms with Crippen molar-refractivity contribution in [3.8, 4) is 0 Å². The molecule has 0 heterocycles. The highest BCUT2D eigenvalue weighted by Crippen LogP contribution is 2.51. The summed E-state index contributed by atoms with van der Waals surface area (Å²) in [5.41, 5.74) is 9.62. The summed E-state index contributed by atoms with van der Waals surface area (Å²) >= 11 is 0. The molecule has 6 nitrogen and oxygen atoms in total. The predicted molar refractivity (Wildman–Crippen MR) is 69.8 cm³/mol. The quantitative estimate of drug-likeness (QED) is 0.318. The monoisotopic (exact) mass is 269 g/mol. The lowest BCUT2D eigenvalue weighted by Crippen LogP contribution is -1.98. The first-order valence-corrected chi connectivity index (χ1v) is 7.38. The van der Waals surface area contributed by atoms with E-state index in [0.717, 1.165) is 5.56 Å². The van der Waals surface area contributed by atoms with E-state index in [4.69, 9.17) is 14.6 Å². The van der Waals surface area contributed by atoms with Gasteiger partial charge in [0.2, 0.25) is 0 Å². The van der Waals surface area contributed by atoms with Crippen molar-refractivity contribution >= 4 is 13.3 Å². The van der Waals surface area contributed by atoms with Crippen LogP contribution in [0.15, 0.2) is 29.4 Å². The van der Waals surface area contributed by atoms with Crippen LogP contribution in [0.1, 0.15) is 19.4 Å². The Kier molecular flexibility index (Phi) is 5.89. The Morgan fingerprint density at radius 1 is 1.22 bits per heavy atom. The molecule has 1 aromatic carbocycles. The molecule has 0 saturated heterocycles. The van der Waals surface area contributed by atoms with Crippen molar-refractivity contribution in [1.29, 1.82) is 0 Å². The highest BCUT2D eigenvalue weighted by atomic mass is 31.2. The molecule has 0 aromatic heterocycles. The van der Waals surface area contributed by atoms with Gasteiger partial charge < -0.3 is 9.05 Å². The molecule has 1 rings (SSSR count). The topological polar surface area (TPSA) is 84.3 Å². The van der Waals surface area contributed by atoms with Gasteiger partial charge in [0.05, 0.1) is 19.4 Å². The second kappa shape index (κ2) is 7.19. The van der Waals surface area contributed by atoms with Crippen LogP contribution in [0.4, 0.5) is 5.69 Å². The summed E-state index contributed by atoms with van der Waals surface area (Å²) in [6, 6.07) is 6.82. The number of benzene rings is 1. The van der Waals surface area contributed by atoms with Gasteiger partial charge in [-0.1, -0.05) is 29.4 Å². The first-order chi connectivity index (χ1) is 8.63. The average molecular weight is 269 g/mol. The summed E-state index contributed by atoms with van der Waals surface area (Å²) in [6.45, 7) is 4.23. The van der Waals surface area contributed by atoms with Gasteiger partial charge >= 0.3 is 7.60 Å². The van der Waals surface area contributed by atoms with Crippen LogP contribution >= 0.6 is 7.60 Å². The third-order valence-electron chi connectivity index (χ3n) is 2.12. The molecule has 0 aliphatic carbocycles. The number of hydrogen-bond acceptors (Lipinski definition) is 4. The summed E-state index contributed by atoms with van der Waals surface area (Å²) in [6.07, 6.45) is 0.214. The molecule has 0 saturated carbocycles. The summed E-state index contributed by atoms with van der Waals surface area (Å²) in [4.78, 5) is 2.69. The van der Waals surface area contributed by atoms with Crippen LogP contribution < -0.4 is 0 Å². The molecule has 0 spiro atoms. The van der Waals surface area contributed by atoms with E-state index in [1.165, 1.54) is 0 Å². The van der Waals surface area contributed by atoms with Crippen molar-refractivity contribution < 1.29 is 13.6 Å². The van der Waals surface area contributed by atoms with Crippen LogP contribution in [0.5, 0.6) is 0 Å². The number of rotatable bonds is 7. The van der Waals surface area contributed by atoms with Crippen molar-refractivity contribution in [2.24, 2.45) is 5.11 Å². The number of azide groups is 1. The van der Waals surface area contributed by atoms with E-state index in [1.807, 2.05) is 0 Å². The van der Waals surface area contributed by atoms with Crippen molar-refractivity contribution in [2.45, 2.75) is 20.0 Å². The summed E-state index contributed by atoms with van der Waals surface area (Å²) in [5.74, 6) is 0. The van der Waals surface area contributed by atoms with E-state index < -0.39 is 7.60 Å². The SMILES string of the molecule is CCOP(=O)(Cc1ccc(N=[N+]=[N-])cc1)OCC. The largest absolute Gasteiger partial charge is 0.335 e. The molecule has 0 fully saturated rings. The van der Waals surface area contributed by atoms with Crippen molar-refractivity contribution in [3.63, 3.8) is 0 Å². The van der Waals surface area contributed by atoms with Crippen LogP contribution in [0.25, 0.3) is 10.4 Å². The Morgan fingerprint density at radius 2 is 1.78 bits per heavy atom. The lowest BCUT2D eigenvalue weighted by molar-refractivity contribution is 0.219. The van der Waals surface area contributed by atoms with Gasteiger partial charge in [-0.2, -0.15) is 0 Å². The highest BCUT2D eigenvalue weighted by molar-refractivity contribution is 7.53. The molecule has 0 bridgehead atoms. The first kappa shape index (κ1) is 14.7. The first-order valence-electron chi connectivity index (χ1n) is 5.65. The molecule has 1 aromatic rings. The zero-order valence-corrected chi connectivity index (χ0v) is 11.3. The van der Waals surface area contributed by atoms with Gasteiger partial charge in [0.1, 0.15) is 0 Å². The molecule has 7 heteroatoms. The molecule has 0 atom stereocenters. The van der Waals surface area contributed by atoms with Gasteiger partial charge in [0.15, 0.2) is 0 Å². The van der Waals surface area contributed by atoms with Crippen LogP contribution in [0.2, 0.25) is 0 Å². The molecule has 0 aliphatic rings. The number of hydrogen-bond donors (Lipinski definition) is 0. The van der Waals surface area contributed by atoms with Gasteiger partial charge in [-0.05, 0) is 24.9 Å². The zero-order chi connectivity index (χ0) is 13.4. The molecule has 18 heavy (non-hydrogen) atoms. The van der Waals surface area contributed by atoms with E-state index in [-0.39, 0.29) is 6.16 Å². The summed E-state index contributed by atoms with van der Waals surface area (Å²) in [5, 5.41) is 3.47. The van der Waals surface area contributed by atoms with Crippen LogP contribution in [-0.2, 0) is 19.8 Å². The standard InChI is InChI=1S/C11H16N3O3P/c1-3-16-18(15,17-4-2)9-10-5-7-11(8-6-10)13-14-12/h5-8H,3-4,9H2,1-2H3. The van der Waals surface area contributed by atoms with Crippen molar-refractivity contribution in [2.75, 3.05) is 13.2 Å². The third kappa shape index (κ3) is 4.51. The maximum atomic E-state index is 12.3. The fourth-order valence-corrected chi connectivity index (χ4v) is 3.17. The van der Waals surface area contributed by atoms with Gasteiger partial charge in [0.25, 0.3) is 0 Å². The average Bonchev–Trinajstić information content (AvgIpc) is 2.32. The maximum Gasteiger partial charge on any atom is 0.335 e. The van der Waals surface area contributed by atoms with E-state index in [9.17, 15) is 4.57 Å². The Hall–Kier alpha value is -1.32. The fraction of sp³-hybridized carbons (Fsp3) is 0.455. The Morgan fingerprint density at radius 3 is 2.22 bits per heavy atom. The molecule has 0 aliphatic heterocycles. The van der Waals surface area contributed by atoms with Gasteiger partial charge in [-0.15, -0.1) is 0 Å². The lowest BCUT2D eigenvalue weighted by Gasteiger charge is -2.16. The van der Waals surface area contributed by atoms with E-state index in [0.29, 0.717) is 18.9 Å². The van der Waals surface area contributed by atoms with E-state index >= 15 is 0 Å². The molecule has 98 valence electrons. The third-order valence-corrected chi connectivity index (χ3v) is 4.18. The van der Waals surface area contributed by atoms with Crippen LogP contribution in [0, 0.1) is 0 Å². The minimum atomic E-state index is -3.08. The van der Waals surface area contributed by atoms with Gasteiger partial charge in [-0.25, -0.2) is 0 Å². The molecule has 0 unspecified atom stereocenters. The van der Waals surface area contributed by atoms with E-state index in [2.05, 4.69) is 10.0 Å². The normalized spacial score (nSPS) is 11.0. The Bertz CT molecular complexity index is 459. The van der Waals surface area contributed by atoms with Crippen molar-refractivity contribution in [3.05, 3.63) is 40.3 Å². The second-order valence-electron chi connectivity index (χ2n) is 3.46. The molecule has 0 N–H and O–H groups in total. The summed E-state index contributed by atoms with van der Waals surface area (Å²) < 4.78 is 22.7. The second-order valence-corrected chi connectivity index (χ2v) is 5.51. The Labute approximate surface area is 106 Å². The summed E-state index contributed by atoms with van der Waals surface area (Å²) in [7, 11) is -3.08. The minimum absolute atomic E-state index is 0.214. The van der Waals surface area contributed by atoms with Crippen molar-refractivity contribution in [1.82, 2.24) is 0 Å². The molecular weight excluding hydrogens is 253 g/mol. The van der Waals surface area contributed by atoms with Crippen LogP contribution in [-0.4, -0.2) is 13.2 Å². The lowest BCUT2D eigenvalue weighted by atomic mass is 10.2. The van der Waals surface area contributed by atoms with E-state index in [1.54, 1.807) is 38.1 Å².